The lowest BCUT2D eigenvalue weighted by Gasteiger charge is -2.41. The first-order valence-electron chi connectivity index (χ1n) is 15.1. The minimum absolute atomic E-state index is 0.0240. The van der Waals surface area contributed by atoms with Crippen molar-refractivity contribution in [2.24, 2.45) is 0 Å². The van der Waals surface area contributed by atoms with Gasteiger partial charge in [-0.1, -0.05) is 17.3 Å². The van der Waals surface area contributed by atoms with Gasteiger partial charge in [-0.25, -0.2) is 13.9 Å². The summed E-state index contributed by atoms with van der Waals surface area (Å²) in [5, 5.41) is 17.7. The first kappa shape index (κ1) is 30.1. The summed E-state index contributed by atoms with van der Waals surface area (Å²) in [4.78, 5) is 67.8. The van der Waals surface area contributed by atoms with Crippen molar-refractivity contribution in [3.63, 3.8) is 0 Å². The van der Waals surface area contributed by atoms with Crippen molar-refractivity contribution in [3.8, 4) is 5.75 Å². The minimum atomic E-state index is -1.38. The number of piperazine rings is 1. The van der Waals surface area contributed by atoms with Crippen molar-refractivity contribution in [1.82, 2.24) is 24.5 Å². The number of rotatable bonds is 8. The Morgan fingerprint density at radius 2 is 1.87 bits per heavy atom. The number of carboxylic acids is 1. The van der Waals surface area contributed by atoms with Crippen LogP contribution in [0.25, 0.3) is 10.9 Å². The number of hydrogen-bond donors (Lipinski definition) is 1. The fourth-order valence-corrected chi connectivity index (χ4v) is 6.54. The number of ether oxygens (including phenoxy) is 1. The summed E-state index contributed by atoms with van der Waals surface area (Å²) in [6, 6.07) is 7.43. The predicted molar refractivity (Wildman–Crippen MR) is 165 cm³/mol. The van der Waals surface area contributed by atoms with Gasteiger partial charge in [-0.15, -0.1) is 5.10 Å². The zero-order valence-corrected chi connectivity index (χ0v) is 25.6. The fourth-order valence-electron chi connectivity index (χ4n) is 6.54. The minimum Gasteiger partial charge on any atom is -0.492 e. The molecule has 2 aromatic carbocycles. The van der Waals surface area contributed by atoms with Crippen LogP contribution in [0.1, 0.15) is 52.2 Å². The quantitative estimate of drug-likeness (QED) is 0.282. The fraction of sp³-hybridized carbons (Fsp3) is 0.344. The molecule has 47 heavy (non-hydrogen) atoms. The highest BCUT2D eigenvalue weighted by molar-refractivity contribution is 6.52. The Bertz CT molecular complexity index is 2050. The lowest BCUT2D eigenvalue weighted by atomic mass is 10.1. The largest absolute Gasteiger partial charge is 0.492 e. The molecule has 1 saturated carbocycles. The molecule has 4 heterocycles. The van der Waals surface area contributed by atoms with E-state index in [0.29, 0.717) is 22.5 Å². The van der Waals surface area contributed by atoms with Gasteiger partial charge in [0.2, 0.25) is 11.3 Å². The number of fused-ring (bicyclic) bond motifs is 2. The summed E-state index contributed by atoms with van der Waals surface area (Å²) in [6.45, 7) is 2.54. The first-order chi connectivity index (χ1) is 22.6. The molecule has 15 heteroatoms. The van der Waals surface area contributed by atoms with Gasteiger partial charge in [-0.05, 0) is 38.0 Å². The standard InChI is InChI=1S/C32H30FN7O7/c1-17-12-36(27-23(33)11-21-26(30(27)47-2)39(19-7-8-19)15-22(28(21)42)32(45)46)9-10-38(17)25(41)16-37-13-18(34-35-37)14-40-24-6-4-3-5-20(24)29(43)31(40)44/h3-6,11,13,15,17,19H,7-10,12,14,16H2,1-2H3,(H,45,46). The van der Waals surface area contributed by atoms with Crippen LogP contribution in [0.2, 0.25) is 0 Å². The lowest BCUT2D eigenvalue weighted by molar-refractivity contribution is -0.134. The highest BCUT2D eigenvalue weighted by Gasteiger charge is 2.37. The van der Waals surface area contributed by atoms with Gasteiger partial charge < -0.3 is 24.2 Å². The number of para-hydroxylation sites is 1. The first-order valence-corrected chi connectivity index (χ1v) is 15.1. The van der Waals surface area contributed by atoms with Crippen molar-refractivity contribution in [2.45, 2.75) is 44.9 Å². The topological polar surface area (TPSA) is 160 Å². The zero-order chi connectivity index (χ0) is 33.1. The second-order valence-corrected chi connectivity index (χ2v) is 12.0. The predicted octanol–water partition coefficient (Wildman–Crippen LogP) is 2.24. The number of amides is 2. The van der Waals surface area contributed by atoms with Crippen LogP contribution in [0, 0.1) is 5.82 Å². The van der Waals surface area contributed by atoms with Crippen LogP contribution in [0.3, 0.4) is 0 Å². The number of ketones is 1. The van der Waals surface area contributed by atoms with E-state index in [9.17, 15) is 29.1 Å². The molecule has 242 valence electrons. The van der Waals surface area contributed by atoms with Gasteiger partial charge in [0.05, 0.1) is 42.0 Å². The molecule has 7 rings (SSSR count). The highest BCUT2D eigenvalue weighted by atomic mass is 19.1. The zero-order valence-electron chi connectivity index (χ0n) is 25.6. The number of Topliss-reactive ketones (excluding diaryl/α,β-unsaturated/α-hetero) is 1. The average molecular weight is 644 g/mol. The molecule has 1 atom stereocenters. The Morgan fingerprint density at radius 3 is 2.57 bits per heavy atom. The number of carbonyl (C=O) groups excluding carboxylic acids is 3. The molecule has 1 unspecified atom stereocenters. The van der Waals surface area contributed by atoms with E-state index in [1.54, 1.807) is 44.8 Å². The number of halogens is 1. The van der Waals surface area contributed by atoms with Crippen LogP contribution in [0.15, 0.2) is 47.5 Å². The van der Waals surface area contributed by atoms with E-state index >= 15 is 4.39 Å². The molecule has 0 bridgehead atoms. The number of anilines is 2. The van der Waals surface area contributed by atoms with Gasteiger partial charge in [-0.3, -0.25) is 24.1 Å². The Morgan fingerprint density at radius 1 is 1.11 bits per heavy atom. The highest BCUT2D eigenvalue weighted by Crippen LogP contribution is 2.44. The summed E-state index contributed by atoms with van der Waals surface area (Å²) < 4.78 is 24.6. The van der Waals surface area contributed by atoms with E-state index < -0.39 is 34.5 Å². The molecular weight excluding hydrogens is 613 g/mol. The van der Waals surface area contributed by atoms with Gasteiger partial charge in [-0.2, -0.15) is 0 Å². The van der Waals surface area contributed by atoms with Crippen LogP contribution in [0.4, 0.5) is 15.8 Å². The van der Waals surface area contributed by atoms with Crippen LogP contribution >= 0.6 is 0 Å². The molecule has 14 nitrogen and oxygen atoms in total. The van der Waals surface area contributed by atoms with Gasteiger partial charge in [0, 0.05) is 37.9 Å². The second-order valence-electron chi connectivity index (χ2n) is 12.0. The van der Waals surface area contributed by atoms with Crippen molar-refractivity contribution >= 4 is 45.8 Å². The van der Waals surface area contributed by atoms with Gasteiger partial charge in [0.1, 0.15) is 23.5 Å². The Labute approximate surface area is 266 Å². The molecule has 2 aliphatic heterocycles. The molecule has 1 saturated heterocycles. The van der Waals surface area contributed by atoms with E-state index in [1.165, 1.54) is 22.9 Å². The van der Waals surface area contributed by atoms with Crippen molar-refractivity contribution in [3.05, 3.63) is 75.6 Å². The summed E-state index contributed by atoms with van der Waals surface area (Å²) in [5.41, 5.74) is 0.528. The number of aromatic nitrogens is 4. The Hall–Kier alpha value is -5.60. The lowest BCUT2D eigenvalue weighted by Crippen LogP contribution is -2.55. The third-order valence-electron chi connectivity index (χ3n) is 8.92. The van der Waals surface area contributed by atoms with Crippen molar-refractivity contribution in [2.75, 3.05) is 36.5 Å². The van der Waals surface area contributed by atoms with Gasteiger partial charge in [0.25, 0.3) is 11.7 Å². The van der Waals surface area contributed by atoms with Crippen LogP contribution in [-0.4, -0.2) is 85.9 Å². The number of aromatic carboxylic acids is 1. The number of carboxylic acid groups (broad SMARTS) is 1. The molecule has 1 N–H and O–H groups in total. The third-order valence-corrected chi connectivity index (χ3v) is 8.92. The summed E-state index contributed by atoms with van der Waals surface area (Å²) >= 11 is 0. The van der Waals surface area contributed by atoms with Crippen molar-refractivity contribution in [1.29, 1.82) is 0 Å². The maximum absolute atomic E-state index is 15.8. The SMILES string of the molecule is COc1c(N2CCN(C(=O)Cn3cc(CN4C(=O)C(=O)c5ccccc54)nn3)C(C)C2)c(F)cc2c(=O)c(C(=O)O)cn(C3CC3)c12. The monoisotopic (exact) mass is 643 g/mol. The summed E-state index contributed by atoms with van der Waals surface area (Å²) in [5.74, 6) is -3.43. The normalized spacial score (nSPS) is 17.9. The van der Waals surface area contributed by atoms with Crippen LogP contribution in [-0.2, 0) is 22.7 Å². The average Bonchev–Trinajstić information content (AvgIpc) is 3.76. The molecule has 2 amide bonds. The molecule has 4 aromatic rings. The summed E-state index contributed by atoms with van der Waals surface area (Å²) in [6.07, 6.45) is 4.46. The van der Waals surface area contributed by atoms with E-state index in [4.69, 9.17) is 4.74 Å². The van der Waals surface area contributed by atoms with Gasteiger partial charge >= 0.3 is 5.97 Å². The number of carbonyl (C=O) groups is 4. The molecule has 0 spiro atoms. The maximum atomic E-state index is 15.8. The summed E-state index contributed by atoms with van der Waals surface area (Å²) in [7, 11) is 1.39. The number of hydrogen-bond acceptors (Lipinski definition) is 9. The number of benzene rings is 2. The maximum Gasteiger partial charge on any atom is 0.341 e. The molecule has 2 aromatic heterocycles. The number of pyridine rings is 1. The molecule has 2 fully saturated rings. The van der Waals surface area contributed by atoms with Gasteiger partial charge in [0.15, 0.2) is 11.6 Å². The van der Waals surface area contributed by atoms with Crippen LogP contribution < -0.4 is 20.0 Å². The Kier molecular flexibility index (Phi) is 7.25. The molecule has 3 aliphatic rings. The second kappa shape index (κ2) is 11.3. The van der Waals surface area contributed by atoms with Crippen LogP contribution in [0.5, 0.6) is 5.75 Å². The number of nitrogens with zero attached hydrogens (tertiary/aromatic N) is 7. The number of methoxy groups -OCH3 is 1. The van der Waals surface area contributed by atoms with E-state index in [-0.39, 0.29) is 67.5 Å². The third kappa shape index (κ3) is 5.07. The Balaban J connectivity index is 1.08. The molecule has 0 radical (unpaired) electrons. The van der Waals surface area contributed by atoms with Crippen molar-refractivity contribution < 1.29 is 33.4 Å². The molecular formula is C32H30FN7O7. The molecule has 1 aliphatic carbocycles. The van der Waals surface area contributed by atoms with E-state index in [2.05, 4.69) is 10.3 Å². The van der Waals surface area contributed by atoms with E-state index in [1.807, 2.05) is 6.92 Å². The van der Waals surface area contributed by atoms with E-state index in [0.717, 1.165) is 18.9 Å². The smallest absolute Gasteiger partial charge is 0.341 e.